The molecule has 0 atom stereocenters. The molecule has 2 heterocycles. The van der Waals surface area contributed by atoms with Crippen LogP contribution in [0.15, 0.2) is 28.8 Å². The molecular formula is C17H19N5O4. The number of aryl methyl sites for hydroxylation is 1. The van der Waals surface area contributed by atoms with E-state index in [1.54, 1.807) is 13.0 Å². The van der Waals surface area contributed by atoms with Crippen LogP contribution < -0.4 is 10.6 Å². The zero-order valence-corrected chi connectivity index (χ0v) is 14.3. The quantitative estimate of drug-likeness (QED) is 0.803. The lowest BCUT2D eigenvalue weighted by atomic mass is 10.1. The Morgan fingerprint density at radius 3 is 2.88 bits per heavy atom. The molecule has 136 valence electrons. The smallest absolute Gasteiger partial charge is 0.324 e. The Balaban J connectivity index is 1.57. The van der Waals surface area contributed by atoms with E-state index in [1.807, 2.05) is 18.2 Å². The van der Waals surface area contributed by atoms with Gasteiger partial charge in [-0.2, -0.15) is 4.98 Å². The van der Waals surface area contributed by atoms with E-state index in [0.717, 1.165) is 5.56 Å². The summed E-state index contributed by atoms with van der Waals surface area (Å²) in [7, 11) is 0. The Morgan fingerprint density at radius 2 is 2.15 bits per heavy atom. The summed E-state index contributed by atoms with van der Waals surface area (Å²) in [6, 6.07) is 6.90. The fourth-order valence-corrected chi connectivity index (χ4v) is 2.63. The number of para-hydroxylation sites is 1. The van der Waals surface area contributed by atoms with E-state index in [9.17, 15) is 14.4 Å². The van der Waals surface area contributed by atoms with Gasteiger partial charge in [-0.1, -0.05) is 23.4 Å². The summed E-state index contributed by atoms with van der Waals surface area (Å²) in [5.74, 6) is 0.517. The van der Waals surface area contributed by atoms with E-state index < -0.39 is 6.03 Å². The summed E-state index contributed by atoms with van der Waals surface area (Å²) in [5.41, 5.74) is 1.51. The highest BCUT2D eigenvalue weighted by molar-refractivity contribution is 5.97. The number of benzene rings is 1. The first-order valence-corrected chi connectivity index (χ1v) is 8.27. The van der Waals surface area contributed by atoms with Gasteiger partial charge in [0.15, 0.2) is 5.82 Å². The zero-order valence-electron chi connectivity index (χ0n) is 14.3. The molecule has 9 nitrogen and oxygen atoms in total. The van der Waals surface area contributed by atoms with Crippen LogP contribution in [0.5, 0.6) is 0 Å². The number of carbonyl (C=O) groups is 3. The number of aromatic nitrogens is 2. The molecule has 1 aromatic carbocycles. The summed E-state index contributed by atoms with van der Waals surface area (Å²) in [6.45, 7) is 2.31. The van der Waals surface area contributed by atoms with Crippen molar-refractivity contribution in [3.63, 3.8) is 0 Å². The van der Waals surface area contributed by atoms with E-state index >= 15 is 0 Å². The molecule has 3 rings (SSSR count). The van der Waals surface area contributed by atoms with Crippen molar-refractivity contribution >= 4 is 23.5 Å². The number of carbonyl (C=O) groups excluding carboxylic acids is 3. The lowest BCUT2D eigenvalue weighted by Gasteiger charge is -2.26. The summed E-state index contributed by atoms with van der Waals surface area (Å²) in [6.07, 6.45) is 0.795. The third-order valence-electron chi connectivity index (χ3n) is 3.95. The monoisotopic (exact) mass is 357 g/mol. The van der Waals surface area contributed by atoms with E-state index in [4.69, 9.17) is 4.52 Å². The van der Waals surface area contributed by atoms with Gasteiger partial charge in [0.25, 0.3) is 0 Å². The van der Waals surface area contributed by atoms with Crippen molar-refractivity contribution < 1.29 is 18.9 Å². The van der Waals surface area contributed by atoms with Gasteiger partial charge in [0.05, 0.1) is 6.42 Å². The maximum absolute atomic E-state index is 12.2. The molecule has 1 aliphatic rings. The minimum Gasteiger partial charge on any atom is -0.339 e. The van der Waals surface area contributed by atoms with Gasteiger partial charge in [-0.25, -0.2) is 4.79 Å². The third-order valence-corrected chi connectivity index (χ3v) is 3.95. The van der Waals surface area contributed by atoms with Gasteiger partial charge in [0.1, 0.15) is 0 Å². The fourth-order valence-electron chi connectivity index (χ4n) is 2.63. The Kier molecular flexibility index (Phi) is 5.26. The molecule has 2 aromatic rings. The number of nitrogens with zero attached hydrogens (tertiary/aromatic N) is 3. The Hall–Kier alpha value is -3.23. The molecule has 1 aliphatic heterocycles. The molecule has 2 N–H and O–H groups in total. The molecule has 0 bridgehead atoms. The van der Waals surface area contributed by atoms with Gasteiger partial charge in [0, 0.05) is 31.6 Å². The minimum absolute atomic E-state index is 0.135. The molecule has 4 amide bonds. The van der Waals surface area contributed by atoms with Crippen LogP contribution in [-0.2, 0) is 16.0 Å². The van der Waals surface area contributed by atoms with Gasteiger partial charge < -0.3 is 14.7 Å². The van der Waals surface area contributed by atoms with Crippen LogP contribution in [0.2, 0.25) is 0 Å². The van der Waals surface area contributed by atoms with Crippen molar-refractivity contribution in [2.45, 2.75) is 26.2 Å². The average molecular weight is 357 g/mol. The summed E-state index contributed by atoms with van der Waals surface area (Å²) in [4.78, 5) is 40.7. The zero-order chi connectivity index (χ0) is 18.5. The average Bonchev–Trinajstić information content (AvgIpc) is 3.01. The fraction of sp³-hybridized carbons (Fsp3) is 0.353. The second-order valence-electron chi connectivity index (χ2n) is 5.96. The number of hydrogen-bond donors (Lipinski definition) is 2. The van der Waals surface area contributed by atoms with Crippen molar-refractivity contribution in [3.8, 4) is 0 Å². The van der Waals surface area contributed by atoms with Crippen molar-refractivity contribution in [2.75, 3.05) is 18.4 Å². The van der Waals surface area contributed by atoms with Crippen molar-refractivity contribution in [2.24, 2.45) is 0 Å². The molecule has 26 heavy (non-hydrogen) atoms. The van der Waals surface area contributed by atoms with E-state index in [1.165, 1.54) is 4.90 Å². The number of anilines is 1. The molecule has 9 heteroatoms. The predicted molar refractivity (Wildman–Crippen MR) is 91.3 cm³/mol. The number of hydrogen-bond acceptors (Lipinski definition) is 6. The summed E-state index contributed by atoms with van der Waals surface area (Å²) < 4.78 is 5.12. The van der Waals surface area contributed by atoms with E-state index in [-0.39, 0.29) is 31.2 Å². The Bertz CT molecular complexity index is 832. The molecule has 0 unspecified atom stereocenters. The number of urea groups is 1. The SMILES string of the molecule is Cc1noc(Cc2ccccc2NC(=O)CCN2CCC(=O)NC2=O)n1. The van der Waals surface area contributed by atoms with Crippen LogP contribution in [0.3, 0.4) is 0 Å². The first-order chi connectivity index (χ1) is 12.5. The predicted octanol–water partition coefficient (Wildman–Crippen LogP) is 1.24. The first-order valence-electron chi connectivity index (χ1n) is 8.27. The number of imide groups is 1. The first kappa shape index (κ1) is 17.6. The Labute approximate surface area is 149 Å². The molecule has 0 radical (unpaired) electrons. The van der Waals surface area contributed by atoms with E-state index in [2.05, 4.69) is 20.8 Å². The molecular weight excluding hydrogens is 338 g/mol. The highest BCUT2D eigenvalue weighted by atomic mass is 16.5. The summed E-state index contributed by atoms with van der Waals surface area (Å²) >= 11 is 0. The molecule has 0 aliphatic carbocycles. The van der Waals surface area contributed by atoms with Crippen LogP contribution in [0.1, 0.15) is 30.1 Å². The van der Waals surface area contributed by atoms with Crippen molar-refractivity contribution in [1.82, 2.24) is 20.4 Å². The Morgan fingerprint density at radius 1 is 1.35 bits per heavy atom. The highest BCUT2D eigenvalue weighted by Gasteiger charge is 2.23. The number of nitrogens with one attached hydrogen (secondary N) is 2. The van der Waals surface area contributed by atoms with Crippen molar-refractivity contribution in [3.05, 3.63) is 41.5 Å². The molecule has 1 fully saturated rings. The largest absolute Gasteiger partial charge is 0.339 e. The van der Waals surface area contributed by atoms with Crippen molar-refractivity contribution in [1.29, 1.82) is 0 Å². The van der Waals surface area contributed by atoms with Gasteiger partial charge >= 0.3 is 6.03 Å². The van der Waals surface area contributed by atoms with E-state index in [0.29, 0.717) is 30.4 Å². The topological polar surface area (TPSA) is 117 Å². The van der Waals surface area contributed by atoms with Crippen LogP contribution in [0.4, 0.5) is 10.5 Å². The minimum atomic E-state index is -0.457. The van der Waals surface area contributed by atoms with Gasteiger partial charge in [-0.3, -0.25) is 14.9 Å². The van der Waals surface area contributed by atoms with Crippen LogP contribution in [0.25, 0.3) is 0 Å². The number of amides is 4. The maximum atomic E-state index is 12.2. The molecule has 1 aromatic heterocycles. The van der Waals surface area contributed by atoms with Crippen LogP contribution in [-0.4, -0.2) is 46.0 Å². The lowest BCUT2D eigenvalue weighted by Crippen LogP contribution is -2.50. The maximum Gasteiger partial charge on any atom is 0.324 e. The molecule has 1 saturated heterocycles. The van der Waals surface area contributed by atoms with Gasteiger partial charge in [0.2, 0.25) is 17.7 Å². The normalized spacial score (nSPS) is 14.3. The second kappa shape index (κ2) is 7.77. The molecule has 0 saturated carbocycles. The second-order valence-corrected chi connectivity index (χ2v) is 5.96. The lowest BCUT2D eigenvalue weighted by molar-refractivity contribution is -0.121. The summed E-state index contributed by atoms with van der Waals surface area (Å²) in [5, 5.41) is 8.84. The highest BCUT2D eigenvalue weighted by Crippen LogP contribution is 2.19. The van der Waals surface area contributed by atoms with Crippen LogP contribution in [0, 0.1) is 6.92 Å². The van der Waals surface area contributed by atoms with Gasteiger partial charge in [-0.05, 0) is 18.6 Å². The molecule has 0 spiro atoms. The third kappa shape index (κ3) is 4.44. The standard InChI is InChI=1S/C17H19N5O4/c1-11-18-16(26-21-11)10-12-4-2-3-5-13(12)19-14(23)6-8-22-9-7-15(24)20-17(22)25/h2-5H,6-10H2,1H3,(H,19,23)(H,20,24,25). The van der Waals surface area contributed by atoms with Crippen LogP contribution >= 0.6 is 0 Å². The van der Waals surface area contributed by atoms with Gasteiger partial charge in [-0.15, -0.1) is 0 Å². The number of rotatable bonds is 6.